The van der Waals surface area contributed by atoms with Crippen molar-refractivity contribution < 1.29 is 4.79 Å². The van der Waals surface area contributed by atoms with Crippen LogP contribution < -0.4 is 0 Å². The molecule has 0 unspecified atom stereocenters. The van der Waals surface area contributed by atoms with Crippen molar-refractivity contribution in [1.82, 2.24) is 0 Å². The molecule has 0 atom stereocenters. The van der Waals surface area contributed by atoms with E-state index in [2.05, 4.69) is 19.9 Å². The van der Waals surface area contributed by atoms with E-state index >= 15 is 0 Å². The fourth-order valence-electron chi connectivity index (χ4n) is 2.43. The van der Waals surface area contributed by atoms with Gasteiger partial charge in [0.1, 0.15) is 0 Å². The zero-order chi connectivity index (χ0) is 10.9. The van der Waals surface area contributed by atoms with E-state index < -0.39 is 0 Å². The molecule has 0 spiro atoms. The first-order chi connectivity index (χ1) is 7.07. The van der Waals surface area contributed by atoms with Crippen LogP contribution >= 0.6 is 0 Å². The second kappa shape index (κ2) is 4.11. The molecule has 0 radical (unpaired) electrons. The van der Waals surface area contributed by atoms with Gasteiger partial charge in [0.15, 0.2) is 5.78 Å². The maximum Gasteiger partial charge on any atom is 0.158 e. The molecule has 2 rings (SSSR count). The van der Waals surface area contributed by atoms with Gasteiger partial charge in [-0.25, -0.2) is 0 Å². The lowest BCUT2D eigenvalue weighted by molar-refractivity contribution is -0.116. The Morgan fingerprint density at radius 3 is 2.80 bits per heavy atom. The van der Waals surface area contributed by atoms with E-state index in [1.165, 1.54) is 19.3 Å². The quantitative estimate of drug-likeness (QED) is 0.682. The van der Waals surface area contributed by atoms with E-state index in [4.69, 9.17) is 0 Å². The molecule has 15 heavy (non-hydrogen) atoms. The van der Waals surface area contributed by atoms with Gasteiger partial charge in [0.25, 0.3) is 0 Å². The highest BCUT2D eigenvalue weighted by molar-refractivity contribution is 5.95. The summed E-state index contributed by atoms with van der Waals surface area (Å²) in [6.45, 7) is 4.54. The molecule has 0 aliphatic heterocycles. The zero-order valence-corrected chi connectivity index (χ0v) is 10.0. The van der Waals surface area contributed by atoms with Gasteiger partial charge >= 0.3 is 0 Å². The molecule has 84 valence electrons. The summed E-state index contributed by atoms with van der Waals surface area (Å²) in [6, 6.07) is 0. The predicted octanol–water partition coefficient (Wildman–Crippen LogP) is 3.88. The molecule has 0 saturated heterocycles. The lowest BCUT2D eigenvalue weighted by Crippen LogP contribution is -2.19. The van der Waals surface area contributed by atoms with Crippen molar-refractivity contribution >= 4 is 5.78 Å². The van der Waals surface area contributed by atoms with Gasteiger partial charge in [-0.1, -0.05) is 32.8 Å². The number of Topliss-reactive ketones (excluding diaryl/α,β-unsaturated/α-hetero) is 1. The van der Waals surface area contributed by atoms with Crippen LogP contribution in [0.2, 0.25) is 0 Å². The van der Waals surface area contributed by atoms with Crippen molar-refractivity contribution in [3.8, 4) is 0 Å². The minimum Gasteiger partial charge on any atom is -0.295 e. The Kier molecular flexibility index (Phi) is 2.99. The van der Waals surface area contributed by atoms with Crippen molar-refractivity contribution in [2.75, 3.05) is 0 Å². The highest BCUT2D eigenvalue weighted by Gasteiger charge is 2.27. The first-order valence-corrected chi connectivity index (χ1v) is 6.29. The summed E-state index contributed by atoms with van der Waals surface area (Å²) in [5.41, 5.74) is 1.46. The van der Waals surface area contributed by atoms with Gasteiger partial charge in [-0.05, 0) is 42.6 Å². The lowest BCUT2D eigenvalue weighted by atomic mass is 9.76. The molecule has 0 amide bonds. The van der Waals surface area contributed by atoms with E-state index in [-0.39, 0.29) is 0 Å². The number of allylic oxidation sites excluding steroid dienone is 2. The molecular formula is C14H22O. The summed E-state index contributed by atoms with van der Waals surface area (Å²) in [4.78, 5) is 11.9. The predicted molar refractivity (Wildman–Crippen MR) is 62.7 cm³/mol. The first kappa shape index (κ1) is 10.9. The first-order valence-electron chi connectivity index (χ1n) is 6.29. The Labute approximate surface area is 92.9 Å². The molecule has 1 nitrogen and oxygen atoms in total. The molecule has 0 bridgehead atoms. The summed E-state index contributed by atoms with van der Waals surface area (Å²) < 4.78 is 0. The van der Waals surface area contributed by atoms with Gasteiger partial charge in [-0.15, -0.1) is 0 Å². The smallest absolute Gasteiger partial charge is 0.158 e. The van der Waals surface area contributed by atoms with Crippen molar-refractivity contribution in [3.63, 3.8) is 0 Å². The SMILES string of the molecule is CC1(C)CCC=C(C(=O)CCC2CC2)C1. The maximum absolute atomic E-state index is 11.9. The van der Waals surface area contributed by atoms with Gasteiger partial charge < -0.3 is 0 Å². The molecule has 2 aliphatic carbocycles. The Hall–Kier alpha value is -0.590. The Balaban J connectivity index is 1.85. The Bertz CT molecular complexity index is 282. The molecule has 1 fully saturated rings. The van der Waals surface area contributed by atoms with E-state index in [0.717, 1.165) is 37.2 Å². The largest absolute Gasteiger partial charge is 0.295 e. The van der Waals surface area contributed by atoms with Crippen LogP contribution in [0.1, 0.15) is 58.8 Å². The minimum absolute atomic E-state index is 0.347. The summed E-state index contributed by atoms with van der Waals surface area (Å²) in [5, 5.41) is 0. The molecule has 0 aromatic heterocycles. The number of ketones is 1. The van der Waals surface area contributed by atoms with Crippen LogP contribution in [-0.4, -0.2) is 5.78 Å². The number of carbonyl (C=O) groups excluding carboxylic acids is 1. The fraction of sp³-hybridized carbons (Fsp3) is 0.786. The van der Waals surface area contributed by atoms with E-state index in [9.17, 15) is 4.79 Å². The molecular weight excluding hydrogens is 184 g/mol. The third kappa shape index (κ3) is 3.19. The Morgan fingerprint density at radius 1 is 1.47 bits per heavy atom. The molecule has 1 heteroatoms. The number of hydrogen-bond donors (Lipinski definition) is 0. The highest BCUT2D eigenvalue weighted by atomic mass is 16.1. The Morgan fingerprint density at radius 2 is 2.20 bits per heavy atom. The van der Waals surface area contributed by atoms with Crippen LogP contribution in [0.4, 0.5) is 0 Å². The van der Waals surface area contributed by atoms with Crippen LogP contribution in [0.5, 0.6) is 0 Å². The summed E-state index contributed by atoms with van der Waals surface area (Å²) in [6.07, 6.45) is 10.2. The molecule has 1 saturated carbocycles. The number of rotatable bonds is 4. The van der Waals surface area contributed by atoms with Crippen LogP contribution in [0.3, 0.4) is 0 Å². The number of carbonyl (C=O) groups is 1. The second-order valence-electron chi connectivity index (χ2n) is 6.01. The van der Waals surface area contributed by atoms with Crippen molar-refractivity contribution in [1.29, 1.82) is 0 Å². The van der Waals surface area contributed by atoms with Gasteiger partial charge in [-0.3, -0.25) is 4.79 Å². The summed E-state index contributed by atoms with van der Waals surface area (Å²) >= 11 is 0. The fourth-order valence-corrected chi connectivity index (χ4v) is 2.43. The van der Waals surface area contributed by atoms with Crippen LogP contribution in [0.25, 0.3) is 0 Å². The molecule has 2 aliphatic rings. The monoisotopic (exact) mass is 206 g/mol. The normalized spacial score (nSPS) is 24.8. The standard InChI is InChI=1S/C14H22O/c1-14(2)9-3-4-12(10-14)13(15)8-7-11-5-6-11/h4,11H,3,5-10H2,1-2H3. The van der Waals surface area contributed by atoms with Gasteiger partial charge in [0.2, 0.25) is 0 Å². The van der Waals surface area contributed by atoms with E-state index in [0.29, 0.717) is 11.2 Å². The molecule has 0 aromatic rings. The summed E-state index contributed by atoms with van der Waals surface area (Å²) in [7, 11) is 0. The van der Waals surface area contributed by atoms with E-state index in [1.807, 2.05) is 0 Å². The van der Waals surface area contributed by atoms with Crippen LogP contribution in [0, 0.1) is 11.3 Å². The third-order valence-electron chi connectivity index (χ3n) is 3.72. The zero-order valence-electron chi connectivity index (χ0n) is 10.0. The van der Waals surface area contributed by atoms with Crippen molar-refractivity contribution in [2.24, 2.45) is 11.3 Å². The van der Waals surface area contributed by atoms with Crippen molar-refractivity contribution in [2.45, 2.75) is 58.8 Å². The highest BCUT2D eigenvalue weighted by Crippen LogP contribution is 2.37. The molecule has 0 aromatic carbocycles. The van der Waals surface area contributed by atoms with E-state index in [1.54, 1.807) is 0 Å². The second-order valence-corrected chi connectivity index (χ2v) is 6.01. The van der Waals surface area contributed by atoms with Gasteiger partial charge in [-0.2, -0.15) is 0 Å². The molecule has 0 N–H and O–H groups in total. The minimum atomic E-state index is 0.347. The summed E-state index contributed by atoms with van der Waals surface area (Å²) in [5.74, 6) is 1.31. The van der Waals surface area contributed by atoms with Crippen LogP contribution in [0.15, 0.2) is 11.6 Å². The molecule has 0 heterocycles. The van der Waals surface area contributed by atoms with Crippen LogP contribution in [-0.2, 0) is 4.79 Å². The van der Waals surface area contributed by atoms with Crippen molar-refractivity contribution in [3.05, 3.63) is 11.6 Å². The third-order valence-corrected chi connectivity index (χ3v) is 3.72. The topological polar surface area (TPSA) is 17.1 Å². The maximum atomic E-state index is 11.9. The number of hydrogen-bond acceptors (Lipinski definition) is 1. The van der Waals surface area contributed by atoms with Gasteiger partial charge in [0, 0.05) is 6.42 Å². The average molecular weight is 206 g/mol. The van der Waals surface area contributed by atoms with Gasteiger partial charge in [0.05, 0.1) is 0 Å². The average Bonchev–Trinajstić information content (AvgIpc) is 2.96. The lowest BCUT2D eigenvalue weighted by Gasteiger charge is -2.29.